The monoisotopic (exact) mass is 386 g/mol. The lowest BCUT2D eigenvalue weighted by Gasteiger charge is -2.35. The predicted molar refractivity (Wildman–Crippen MR) is 112 cm³/mol. The normalized spacial score (nSPS) is 14.5. The molecule has 1 fully saturated rings. The van der Waals surface area contributed by atoms with Crippen LogP contribution in [0, 0.1) is 5.82 Å². The second kappa shape index (κ2) is 7.13. The number of fused-ring (bicyclic) bond motifs is 3. The molecule has 5 nitrogen and oxygen atoms in total. The number of aromatic nitrogens is 2. The maximum Gasteiger partial charge on any atom is 0.256 e. The first-order valence-electron chi connectivity index (χ1n) is 9.63. The summed E-state index contributed by atoms with van der Waals surface area (Å²) in [6.07, 6.45) is 3.30. The highest BCUT2D eigenvalue weighted by molar-refractivity contribution is 6.15. The second-order valence-electron chi connectivity index (χ2n) is 7.13. The van der Waals surface area contributed by atoms with Crippen molar-refractivity contribution >= 4 is 33.4 Å². The molecule has 0 saturated carbocycles. The SMILES string of the molecule is O=C(c1cc2ccccc2c2cccnc12)N1CCN(c2ncccc2F)CC1. The number of carbonyl (C=O) groups excluding carboxylic acids is 1. The number of piperazine rings is 1. The van der Waals surface area contributed by atoms with Gasteiger partial charge in [-0.3, -0.25) is 9.78 Å². The third kappa shape index (κ3) is 3.06. The standard InChI is InChI=1S/C23H19FN4O/c24-20-8-4-10-26-22(20)27-11-13-28(14-12-27)23(29)19-15-16-5-1-2-6-17(16)18-7-3-9-25-21(18)19/h1-10,15H,11-14H2. The summed E-state index contributed by atoms with van der Waals surface area (Å²) in [5, 5.41) is 3.08. The van der Waals surface area contributed by atoms with E-state index in [4.69, 9.17) is 0 Å². The molecule has 0 radical (unpaired) electrons. The first-order valence-corrected chi connectivity index (χ1v) is 9.63. The van der Waals surface area contributed by atoms with E-state index in [1.54, 1.807) is 18.5 Å². The first-order chi connectivity index (χ1) is 14.2. The number of anilines is 1. The Labute approximate surface area is 167 Å². The smallest absolute Gasteiger partial charge is 0.256 e. The van der Waals surface area contributed by atoms with E-state index in [0.29, 0.717) is 37.6 Å². The number of rotatable bonds is 2. The van der Waals surface area contributed by atoms with E-state index >= 15 is 0 Å². The van der Waals surface area contributed by atoms with Crippen LogP contribution in [-0.2, 0) is 0 Å². The molecule has 144 valence electrons. The fraction of sp³-hybridized carbons (Fsp3) is 0.174. The van der Waals surface area contributed by atoms with Crippen molar-refractivity contribution in [1.82, 2.24) is 14.9 Å². The molecule has 1 amide bonds. The van der Waals surface area contributed by atoms with Gasteiger partial charge >= 0.3 is 0 Å². The maximum atomic E-state index is 14.0. The molecule has 29 heavy (non-hydrogen) atoms. The zero-order chi connectivity index (χ0) is 19.8. The van der Waals surface area contributed by atoms with Gasteiger partial charge in [-0.05, 0) is 35.0 Å². The van der Waals surface area contributed by atoms with Crippen LogP contribution in [0.4, 0.5) is 10.2 Å². The van der Waals surface area contributed by atoms with Crippen molar-refractivity contribution in [3.05, 3.63) is 78.4 Å². The minimum absolute atomic E-state index is 0.0411. The number of halogens is 1. The van der Waals surface area contributed by atoms with Gasteiger partial charge in [-0.15, -0.1) is 0 Å². The van der Waals surface area contributed by atoms with E-state index < -0.39 is 0 Å². The lowest BCUT2D eigenvalue weighted by molar-refractivity contribution is 0.0748. The summed E-state index contributed by atoms with van der Waals surface area (Å²) in [5.74, 6) is -0.0324. The highest BCUT2D eigenvalue weighted by Gasteiger charge is 2.26. The third-order valence-electron chi connectivity index (χ3n) is 5.45. The van der Waals surface area contributed by atoms with Gasteiger partial charge in [0.15, 0.2) is 11.6 Å². The Bertz CT molecular complexity index is 1220. The molecule has 1 aliphatic rings. The lowest BCUT2D eigenvalue weighted by Crippen LogP contribution is -2.49. The topological polar surface area (TPSA) is 49.3 Å². The fourth-order valence-corrected chi connectivity index (χ4v) is 3.99. The van der Waals surface area contributed by atoms with Crippen LogP contribution in [0.2, 0.25) is 0 Å². The summed E-state index contributed by atoms with van der Waals surface area (Å²) in [7, 11) is 0. The summed E-state index contributed by atoms with van der Waals surface area (Å²) in [6, 6.07) is 16.8. The number of amides is 1. The van der Waals surface area contributed by atoms with Crippen LogP contribution in [0.1, 0.15) is 10.4 Å². The molecule has 0 aliphatic carbocycles. The Kier molecular flexibility index (Phi) is 4.31. The summed E-state index contributed by atoms with van der Waals surface area (Å²) in [6.45, 7) is 2.10. The molecule has 3 heterocycles. The molecule has 2 aromatic heterocycles. The van der Waals surface area contributed by atoms with Gasteiger partial charge in [-0.1, -0.05) is 30.3 Å². The van der Waals surface area contributed by atoms with E-state index in [1.165, 1.54) is 6.07 Å². The van der Waals surface area contributed by atoms with Crippen LogP contribution in [0.3, 0.4) is 0 Å². The molecular weight excluding hydrogens is 367 g/mol. The van der Waals surface area contributed by atoms with Crippen molar-refractivity contribution in [3.63, 3.8) is 0 Å². The van der Waals surface area contributed by atoms with E-state index in [2.05, 4.69) is 9.97 Å². The molecule has 0 N–H and O–H groups in total. The molecule has 6 heteroatoms. The molecule has 0 spiro atoms. The summed E-state index contributed by atoms with van der Waals surface area (Å²) >= 11 is 0. The Morgan fingerprint density at radius 3 is 2.41 bits per heavy atom. The van der Waals surface area contributed by atoms with Crippen molar-refractivity contribution in [2.75, 3.05) is 31.1 Å². The zero-order valence-corrected chi connectivity index (χ0v) is 15.8. The van der Waals surface area contributed by atoms with E-state index in [-0.39, 0.29) is 11.7 Å². The summed E-state index contributed by atoms with van der Waals surface area (Å²) in [5.41, 5.74) is 1.33. The average Bonchev–Trinajstić information content (AvgIpc) is 2.78. The van der Waals surface area contributed by atoms with Gasteiger partial charge in [-0.2, -0.15) is 0 Å². The zero-order valence-electron chi connectivity index (χ0n) is 15.8. The highest BCUT2D eigenvalue weighted by atomic mass is 19.1. The van der Waals surface area contributed by atoms with Crippen molar-refractivity contribution < 1.29 is 9.18 Å². The van der Waals surface area contributed by atoms with Crippen molar-refractivity contribution in [2.24, 2.45) is 0 Å². The molecule has 1 saturated heterocycles. The first kappa shape index (κ1) is 17.6. The van der Waals surface area contributed by atoms with Crippen molar-refractivity contribution in [2.45, 2.75) is 0 Å². The minimum Gasteiger partial charge on any atom is -0.351 e. The van der Waals surface area contributed by atoms with Crippen LogP contribution >= 0.6 is 0 Å². The number of pyridine rings is 2. The van der Waals surface area contributed by atoms with Gasteiger partial charge < -0.3 is 9.80 Å². The van der Waals surface area contributed by atoms with Gasteiger partial charge in [0.2, 0.25) is 0 Å². The summed E-state index contributed by atoms with van der Waals surface area (Å²) < 4.78 is 14.0. The van der Waals surface area contributed by atoms with Crippen LogP contribution in [-0.4, -0.2) is 47.0 Å². The van der Waals surface area contributed by atoms with E-state index in [1.807, 2.05) is 52.3 Å². The molecular formula is C23H19FN4O. The maximum absolute atomic E-state index is 14.0. The Balaban J connectivity index is 1.45. The van der Waals surface area contributed by atoms with Gasteiger partial charge in [0.25, 0.3) is 5.91 Å². The van der Waals surface area contributed by atoms with Crippen LogP contribution < -0.4 is 4.90 Å². The summed E-state index contributed by atoms with van der Waals surface area (Å²) in [4.78, 5) is 25.7. The number of nitrogens with zero attached hydrogens (tertiary/aromatic N) is 4. The van der Waals surface area contributed by atoms with E-state index in [9.17, 15) is 9.18 Å². The van der Waals surface area contributed by atoms with Crippen LogP contribution in [0.15, 0.2) is 67.0 Å². The Morgan fingerprint density at radius 1 is 0.862 bits per heavy atom. The quantitative estimate of drug-likeness (QED) is 0.491. The third-order valence-corrected chi connectivity index (χ3v) is 5.45. The molecule has 5 rings (SSSR count). The number of carbonyl (C=O) groups is 1. The molecule has 2 aromatic carbocycles. The number of hydrogen-bond acceptors (Lipinski definition) is 4. The van der Waals surface area contributed by atoms with Gasteiger partial charge in [0.05, 0.1) is 11.1 Å². The van der Waals surface area contributed by atoms with Crippen LogP contribution in [0.5, 0.6) is 0 Å². The molecule has 0 bridgehead atoms. The molecule has 4 aromatic rings. The average molecular weight is 386 g/mol. The number of benzene rings is 2. The second-order valence-corrected chi connectivity index (χ2v) is 7.13. The van der Waals surface area contributed by atoms with Gasteiger partial charge in [0, 0.05) is 44.0 Å². The number of hydrogen-bond donors (Lipinski definition) is 0. The van der Waals surface area contributed by atoms with Gasteiger partial charge in [-0.25, -0.2) is 9.37 Å². The van der Waals surface area contributed by atoms with Crippen molar-refractivity contribution in [1.29, 1.82) is 0 Å². The Morgan fingerprint density at radius 2 is 1.59 bits per heavy atom. The largest absolute Gasteiger partial charge is 0.351 e. The van der Waals surface area contributed by atoms with E-state index in [0.717, 1.165) is 21.7 Å². The minimum atomic E-state index is -0.336. The highest BCUT2D eigenvalue weighted by Crippen LogP contribution is 2.28. The van der Waals surface area contributed by atoms with Crippen molar-refractivity contribution in [3.8, 4) is 0 Å². The lowest BCUT2D eigenvalue weighted by atomic mass is 10.00. The predicted octanol–water partition coefficient (Wildman–Crippen LogP) is 3.88. The Hall–Kier alpha value is -3.54. The molecule has 1 aliphatic heterocycles. The van der Waals surface area contributed by atoms with Gasteiger partial charge in [0.1, 0.15) is 0 Å². The molecule has 0 unspecified atom stereocenters. The fourth-order valence-electron chi connectivity index (χ4n) is 3.99. The molecule has 0 atom stereocenters. The van der Waals surface area contributed by atoms with Crippen LogP contribution in [0.25, 0.3) is 21.7 Å².